The van der Waals surface area contributed by atoms with Gasteiger partial charge in [-0.1, -0.05) is 32.8 Å². The maximum absolute atomic E-state index is 14.5. The fraction of sp³-hybridized carbons (Fsp3) is 0.714. The Labute approximate surface area is 192 Å². The van der Waals surface area contributed by atoms with E-state index in [1.54, 1.807) is 0 Å². The van der Waals surface area contributed by atoms with Crippen LogP contribution in [0.25, 0.3) is 0 Å². The van der Waals surface area contributed by atoms with Gasteiger partial charge in [0.25, 0.3) is 0 Å². The van der Waals surface area contributed by atoms with Crippen LogP contribution >= 0.6 is 0 Å². The van der Waals surface area contributed by atoms with Crippen molar-refractivity contribution in [3.8, 4) is 11.5 Å². The largest absolute Gasteiger partial charge is 0.490 e. The van der Waals surface area contributed by atoms with Crippen LogP contribution in [0.2, 0.25) is 0 Å². The van der Waals surface area contributed by atoms with Gasteiger partial charge in [-0.15, -0.1) is 0 Å². The van der Waals surface area contributed by atoms with Crippen molar-refractivity contribution in [3.63, 3.8) is 0 Å². The maximum atomic E-state index is 14.5. The van der Waals surface area contributed by atoms with Crippen LogP contribution in [0.15, 0.2) is 23.8 Å². The molecule has 178 valence electrons. The molecule has 0 N–H and O–H groups in total. The highest BCUT2D eigenvalue weighted by Gasteiger charge is 2.29. The van der Waals surface area contributed by atoms with Gasteiger partial charge >= 0.3 is 0 Å². The van der Waals surface area contributed by atoms with E-state index in [0.29, 0.717) is 19.1 Å². The molecule has 0 amide bonds. The van der Waals surface area contributed by atoms with E-state index in [1.807, 2.05) is 0 Å². The normalized spacial score (nSPS) is 26.9. The van der Waals surface area contributed by atoms with Crippen LogP contribution < -0.4 is 9.47 Å². The van der Waals surface area contributed by atoms with Crippen LogP contribution in [-0.4, -0.2) is 13.2 Å². The Kier molecular flexibility index (Phi) is 8.12. The number of halogens is 2. The second kappa shape index (κ2) is 11.0. The monoisotopic (exact) mass is 446 g/mol. The number of allylic oxidation sites excluding steroid dienone is 1. The molecule has 2 nitrogen and oxygen atoms in total. The summed E-state index contributed by atoms with van der Waals surface area (Å²) in [6.45, 7) is 5.51. The Morgan fingerprint density at radius 2 is 1.50 bits per heavy atom. The highest BCUT2D eigenvalue weighted by atomic mass is 19.2. The Balaban J connectivity index is 1.24. The van der Waals surface area contributed by atoms with E-state index >= 15 is 0 Å². The predicted octanol–water partition coefficient (Wildman–Crippen LogP) is 8.10. The lowest BCUT2D eigenvalue weighted by Gasteiger charge is -2.36. The summed E-state index contributed by atoms with van der Waals surface area (Å²) < 4.78 is 40.2. The predicted molar refractivity (Wildman–Crippen MR) is 125 cm³/mol. The lowest BCUT2D eigenvalue weighted by Crippen LogP contribution is -2.25. The Bertz CT molecular complexity index is 774. The molecule has 3 aliphatic rings. The summed E-state index contributed by atoms with van der Waals surface area (Å²) in [5.74, 6) is 1.90. The van der Waals surface area contributed by atoms with Crippen molar-refractivity contribution < 1.29 is 18.3 Å². The minimum Gasteiger partial charge on any atom is -0.490 e. The van der Waals surface area contributed by atoms with Crippen LogP contribution in [0, 0.1) is 41.2 Å². The van der Waals surface area contributed by atoms with Crippen LogP contribution in [0.5, 0.6) is 11.5 Å². The van der Waals surface area contributed by atoms with Crippen LogP contribution in [0.3, 0.4) is 0 Å². The highest BCUT2D eigenvalue weighted by molar-refractivity contribution is 5.35. The second-order valence-electron chi connectivity index (χ2n) is 10.8. The Morgan fingerprint density at radius 1 is 0.844 bits per heavy atom. The number of hydrogen-bond donors (Lipinski definition) is 0. The third kappa shape index (κ3) is 5.85. The second-order valence-corrected chi connectivity index (χ2v) is 10.8. The number of rotatable bonds is 8. The highest BCUT2D eigenvalue weighted by Crippen LogP contribution is 2.41. The molecule has 3 aliphatic carbocycles. The molecule has 0 bridgehead atoms. The molecule has 32 heavy (non-hydrogen) atoms. The van der Waals surface area contributed by atoms with E-state index in [0.717, 1.165) is 49.4 Å². The molecular formula is C28H40F2O2. The molecule has 4 rings (SSSR count). The first-order valence-electron chi connectivity index (χ1n) is 12.9. The molecule has 0 saturated heterocycles. The standard InChI is InChI=1S/C28H40F2O2/c1-19(2)22-11-13-24(14-12-22)23-9-7-21(8-10-23)18-32-26-16-15-25(27(29)28(26)30)31-17-20-5-3-4-6-20/h7,15-16,19-20,22-24H,3-6,8-14,17-18H2,1-2H3. The fourth-order valence-corrected chi connectivity index (χ4v) is 6.04. The first kappa shape index (κ1) is 23.6. The molecule has 0 aliphatic heterocycles. The number of ether oxygens (including phenoxy) is 2. The topological polar surface area (TPSA) is 18.5 Å². The Morgan fingerprint density at radius 3 is 2.09 bits per heavy atom. The zero-order chi connectivity index (χ0) is 22.5. The lowest BCUT2D eigenvalue weighted by molar-refractivity contribution is 0.165. The molecule has 2 saturated carbocycles. The summed E-state index contributed by atoms with van der Waals surface area (Å²) in [7, 11) is 0. The van der Waals surface area contributed by atoms with Gasteiger partial charge < -0.3 is 9.47 Å². The quantitative estimate of drug-likeness (QED) is 0.376. The van der Waals surface area contributed by atoms with Crippen LogP contribution in [-0.2, 0) is 0 Å². The molecule has 0 radical (unpaired) electrons. The molecule has 0 spiro atoms. The van der Waals surface area contributed by atoms with Crippen molar-refractivity contribution in [2.45, 2.75) is 84.5 Å². The van der Waals surface area contributed by atoms with Gasteiger partial charge in [0.05, 0.1) is 6.61 Å². The van der Waals surface area contributed by atoms with E-state index in [9.17, 15) is 8.78 Å². The summed E-state index contributed by atoms with van der Waals surface area (Å²) in [4.78, 5) is 0. The molecule has 0 heterocycles. The van der Waals surface area contributed by atoms with Crippen molar-refractivity contribution in [1.82, 2.24) is 0 Å². The minimum atomic E-state index is -0.940. The lowest BCUT2D eigenvalue weighted by atomic mass is 9.69. The zero-order valence-electron chi connectivity index (χ0n) is 19.9. The minimum absolute atomic E-state index is 0.00587. The van der Waals surface area contributed by atoms with Gasteiger partial charge in [0.2, 0.25) is 11.6 Å². The smallest absolute Gasteiger partial charge is 0.204 e. The van der Waals surface area contributed by atoms with Crippen molar-refractivity contribution in [2.75, 3.05) is 13.2 Å². The van der Waals surface area contributed by atoms with E-state index in [2.05, 4.69) is 19.9 Å². The Hall–Kier alpha value is -1.58. The fourth-order valence-electron chi connectivity index (χ4n) is 6.04. The molecule has 4 heteroatoms. The third-order valence-corrected chi connectivity index (χ3v) is 8.35. The molecule has 1 atom stereocenters. The van der Waals surface area contributed by atoms with Gasteiger partial charge in [0.15, 0.2) is 11.5 Å². The van der Waals surface area contributed by atoms with E-state index in [-0.39, 0.29) is 11.5 Å². The van der Waals surface area contributed by atoms with Gasteiger partial charge in [0, 0.05) is 0 Å². The first-order chi connectivity index (χ1) is 15.5. The van der Waals surface area contributed by atoms with Gasteiger partial charge in [-0.25, -0.2) is 0 Å². The van der Waals surface area contributed by atoms with Gasteiger partial charge in [-0.05, 0) is 105 Å². The maximum Gasteiger partial charge on any atom is 0.204 e. The van der Waals surface area contributed by atoms with Crippen molar-refractivity contribution in [3.05, 3.63) is 35.4 Å². The van der Waals surface area contributed by atoms with Crippen LogP contribution in [0.4, 0.5) is 8.78 Å². The SMILES string of the molecule is CC(C)C1CCC(C2CC=C(COc3ccc(OCC4CCCC4)c(F)c3F)CC2)CC1. The summed E-state index contributed by atoms with van der Waals surface area (Å²) in [5, 5.41) is 0. The summed E-state index contributed by atoms with van der Waals surface area (Å²) in [6.07, 6.45) is 15.7. The van der Waals surface area contributed by atoms with E-state index in [4.69, 9.17) is 9.47 Å². The molecule has 1 unspecified atom stereocenters. The summed E-state index contributed by atoms with van der Waals surface area (Å²) in [6, 6.07) is 3.00. The summed E-state index contributed by atoms with van der Waals surface area (Å²) in [5.41, 5.74) is 1.21. The molecule has 1 aromatic rings. The molecule has 1 aromatic carbocycles. The van der Waals surface area contributed by atoms with Crippen molar-refractivity contribution >= 4 is 0 Å². The van der Waals surface area contributed by atoms with Gasteiger partial charge in [-0.3, -0.25) is 0 Å². The van der Waals surface area contributed by atoms with Gasteiger partial charge in [0.1, 0.15) is 6.61 Å². The number of hydrogen-bond acceptors (Lipinski definition) is 2. The molecule has 2 fully saturated rings. The van der Waals surface area contributed by atoms with E-state index in [1.165, 1.54) is 62.7 Å². The van der Waals surface area contributed by atoms with E-state index < -0.39 is 11.6 Å². The molecule has 0 aromatic heterocycles. The zero-order valence-corrected chi connectivity index (χ0v) is 19.9. The number of benzene rings is 1. The van der Waals surface area contributed by atoms with Crippen LogP contribution in [0.1, 0.15) is 84.5 Å². The first-order valence-corrected chi connectivity index (χ1v) is 12.9. The third-order valence-electron chi connectivity index (χ3n) is 8.35. The summed E-state index contributed by atoms with van der Waals surface area (Å²) >= 11 is 0. The van der Waals surface area contributed by atoms with Crippen molar-refractivity contribution in [1.29, 1.82) is 0 Å². The van der Waals surface area contributed by atoms with Crippen molar-refractivity contribution in [2.24, 2.45) is 29.6 Å². The molecular weight excluding hydrogens is 406 g/mol. The average Bonchev–Trinajstić information content (AvgIpc) is 3.33. The van der Waals surface area contributed by atoms with Gasteiger partial charge in [-0.2, -0.15) is 8.78 Å². The average molecular weight is 447 g/mol.